The minimum Gasteiger partial charge on any atom is -0.405 e. The van der Waals surface area contributed by atoms with Gasteiger partial charge in [0.1, 0.15) is 11.6 Å². The van der Waals surface area contributed by atoms with Gasteiger partial charge in [0.25, 0.3) is 5.91 Å². The van der Waals surface area contributed by atoms with Crippen molar-refractivity contribution >= 4 is 27.5 Å². The van der Waals surface area contributed by atoms with Crippen molar-refractivity contribution in [1.82, 2.24) is 15.2 Å². The number of anilines is 1. The standard InChI is InChI=1S/C11H8BrF3N4O2/c1-5-16-9(19-18-5)10(20)17-6-2-3-8(7(12)4-6)21-11(13,14)15/h2-4H,1H3,(H,17,20)(H,16,18,19). The van der Waals surface area contributed by atoms with Crippen molar-refractivity contribution in [2.75, 3.05) is 5.32 Å². The lowest BCUT2D eigenvalue weighted by Crippen LogP contribution is -2.17. The van der Waals surface area contributed by atoms with Gasteiger partial charge >= 0.3 is 6.36 Å². The number of hydrogen-bond donors (Lipinski definition) is 2. The van der Waals surface area contributed by atoms with Gasteiger partial charge in [-0.2, -0.15) is 0 Å². The first-order chi connectivity index (χ1) is 9.74. The number of nitrogens with zero attached hydrogens (tertiary/aromatic N) is 2. The zero-order chi connectivity index (χ0) is 15.6. The Labute approximate surface area is 124 Å². The molecular formula is C11H8BrF3N4O2. The van der Waals surface area contributed by atoms with E-state index in [0.29, 0.717) is 5.82 Å². The first kappa shape index (κ1) is 15.3. The molecule has 112 valence electrons. The van der Waals surface area contributed by atoms with Crippen LogP contribution < -0.4 is 10.1 Å². The SMILES string of the molecule is Cc1nc(C(=O)Nc2ccc(OC(F)(F)F)c(Br)c2)n[nH]1. The van der Waals surface area contributed by atoms with E-state index < -0.39 is 18.0 Å². The average molecular weight is 365 g/mol. The minimum atomic E-state index is -4.79. The van der Waals surface area contributed by atoms with Gasteiger partial charge < -0.3 is 10.1 Å². The van der Waals surface area contributed by atoms with Crippen LogP contribution in [-0.2, 0) is 0 Å². The maximum absolute atomic E-state index is 12.1. The molecule has 2 N–H and O–H groups in total. The molecule has 0 saturated heterocycles. The third-order valence-corrected chi connectivity index (χ3v) is 2.84. The molecule has 0 spiro atoms. The third kappa shape index (κ3) is 4.18. The normalized spacial score (nSPS) is 11.3. The molecule has 2 aromatic rings. The number of H-pyrrole nitrogens is 1. The van der Waals surface area contributed by atoms with Gasteiger partial charge in [-0.05, 0) is 41.1 Å². The van der Waals surface area contributed by atoms with Crippen LogP contribution in [0.15, 0.2) is 22.7 Å². The molecule has 0 unspecified atom stereocenters. The minimum absolute atomic E-state index is 0.0452. The lowest BCUT2D eigenvalue weighted by molar-refractivity contribution is -0.274. The summed E-state index contributed by atoms with van der Waals surface area (Å²) in [5, 5.41) is 8.62. The molecule has 0 aliphatic carbocycles. The van der Waals surface area contributed by atoms with Crippen molar-refractivity contribution < 1.29 is 22.7 Å². The molecule has 0 bridgehead atoms. The molecule has 10 heteroatoms. The second-order valence-corrected chi connectivity index (χ2v) is 4.75. The fourth-order valence-electron chi connectivity index (χ4n) is 1.42. The van der Waals surface area contributed by atoms with Crippen LogP contribution in [0.4, 0.5) is 18.9 Å². The van der Waals surface area contributed by atoms with E-state index in [0.717, 1.165) is 6.07 Å². The Morgan fingerprint density at radius 1 is 1.43 bits per heavy atom. The van der Waals surface area contributed by atoms with Crippen LogP contribution in [0.3, 0.4) is 0 Å². The highest BCUT2D eigenvalue weighted by Gasteiger charge is 2.32. The smallest absolute Gasteiger partial charge is 0.405 e. The van der Waals surface area contributed by atoms with Crippen molar-refractivity contribution in [3.8, 4) is 5.75 Å². The molecule has 1 aromatic heterocycles. The van der Waals surface area contributed by atoms with Gasteiger partial charge in [-0.3, -0.25) is 9.89 Å². The quantitative estimate of drug-likeness (QED) is 0.877. The molecule has 0 radical (unpaired) electrons. The molecule has 6 nitrogen and oxygen atoms in total. The number of aryl methyl sites for hydroxylation is 1. The van der Waals surface area contributed by atoms with Crippen LogP contribution in [-0.4, -0.2) is 27.5 Å². The number of benzene rings is 1. The molecule has 0 saturated carbocycles. The Kier molecular flexibility index (Phi) is 4.16. The van der Waals surface area contributed by atoms with E-state index in [2.05, 4.69) is 41.2 Å². The number of rotatable bonds is 3. The molecule has 0 aliphatic rings. The Morgan fingerprint density at radius 3 is 2.67 bits per heavy atom. The van der Waals surface area contributed by atoms with Crippen molar-refractivity contribution in [1.29, 1.82) is 0 Å². The summed E-state index contributed by atoms with van der Waals surface area (Å²) in [4.78, 5) is 15.6. The molecule has 0 atom stereocenters. The maximum atomic E-state index is 12.1. The van der Waals surface area contributed by atoms with Crippen LogP contribution in [0, 0.1) is 6.92 Å². The second-order valence-electron chi connectivity index (χ2n) is 3.89. The number of aromatic amines is 1. The summed E-state index contributed by atoms with van der Waals surface area (Å²) in [5.74, 6) is -0.598. The monoisotopic (exact) mass is 364 g/mol. The summed E-state index contributed by atoms with van der Waals surface area (Å²) in [6.07, 6.45) is -4.79. The predicted octanol–water partition coefficient (Wildman–Crippen LogP) is 3.03. The number of amides is 1. The van der Waals surface area contributed by atoms with Gasteiger partial charge in [0, 0.05) is 5.69 Å². The van der Waals surface area contributed by atoms with Gasteiger partial charge in [0.15, 0.2) is 0 Å². The summed E-state index contributed by atoms with van der Waals surface area (Å²) < 4.78 is 40.2. The fraction of sp³-hybridized carbons (Fsp3) is 0.182. The number of alkyl halides is 3. The van der Waals surface area contributed by atoms with E-state index in [-0.39, 0.29) is 16.0 Å². The fourth-order valence-corrected chi connectivity index (χ4v) is 1.88. The number of carbonyl (C=O) groups excluding carboxylic acids is 1. The van der Waals surface area contributed by atoms with Gasteiger partial charge in [0.05, 0.1) is 4.47 Å². The number of hydrogen-bond acceptors (Lipinski definition) is 4. The zero-order valence-corrected chi connectivity index (χ0v) is 12.0. The van der Waals surface area contributed by atoms with Gasteiger partial charge in [-0.1, -0.05) is 0 Å². The maximum Gasteiger partial charge on any atom is 0.573 e. The van der Waals surface area contributed by atoms with E-state index >= 15 is 0 Å². The van der Waals surface area contributed by atoms with Crippen LogP contribution in [0.5, 0.6) is 5.75 Å². The lowest BCUT2D eigenvalue weighted by atomic mass is 10.3. The average Bonchev–Trinajstić information content (AvgIpc) is 2.78. The number of nitrogens with one attached hydrogen (secondary N) is 2. The first-order valence-electron chi connectivity index (χ1n) is 5.50. The molecular weight excluding hydrogens is 357 g/mol. The molecule has 1 aromatic carbocycles. The van der Waals surface area contributed by atoms with Crippen molar-refractivity contribution in [2.24, 2.45) is 0 Å². The van der Waals surface area contributed by atoms with E-state index in [1.54, 1.807) is 6.92 Å². The Bertz CT molecular complexity index is 672. The number of ether oxygens (including phenoxy) is 1. The molecule has 1 amide bonds. The highest BCUT2D eigenvalue weighted by molar-refractivity contribution is 9.10. The highest BCUT2D eigenvalue weighted by Crippen LogP contribution is 2.32. The topological polar surface area (TPSA) is 79.9 Å². The first-order valence-corrected chi connectivity index (χ1v) is 6.29. The van der Waals surface area contributed by atoms with Crippen LogP contribution >= 0.6 is 15.9 Å². The van der Waals surface area contributed by atoms with Crippen molar-refractivity contribution in [2.45, 2.75) is 13.3 Å². The summed E-state index contributed by atoms with van der Waals surface area (Å²) >= 11 is 2.94. The molecule has 21 heavy (non-hydrogen) atoms. The van der Waals surface area contributed by atoms with E-state index in [9.17, 15) is 18.0 Å². The Morgan fingerprint density at radius 2 is 2.14 bits per heavy atom. The molecule has 2 rings (SSSR count). The number of halogens is 4. The molecule has 1 heterocycles. The Hall–Kier alpha value is -2.10. The van der Waals surface area contributed by atoms with Crippen LogP contribution in [0.2, 0.25) is 0 Å². The summed E-state index contributed by atoms with van der Waals surface area (Å²) in [7, 11) is 0. The largest absolute Gasteiger partial charge is 0.573 e. The van der Waals surface area contributed by atoms with Crippen LogP contribution in [0.25, 0.3) is 0 Å². The van der Waals surface area contributed by atoms with E-state index in [4.69, 9.17) is 0 Å². The van der Waals surface area contributed by atoms with Gasteiger partial charge in [-0.25, -0.2) is 4.98 Å². The summed E-state index contributed by atoms with van der Waals surface area (Å²) in [6.45, 7) is 1.63. The number of aromatic nitrogens is 3. The van der Waals surface area contributed by atoms with E-state index in [1.807, 2.05) is 0 Å². The van der Waals surface area contributed by atoms with Crippen molar-refractivity contribution in [3.05, 3.63) is 34.3 Å². The summed E-state index contributed by atoms with van der Waals surface area (Å²) in [6, 6.07) is 3.62. The Balaban J connectivity index is 2.11. The lowest BCUT2D eigenvalue weighted by Gasteiger charge is -2.11. The number of carbonyl (C=O) groups is 1. The third-order valence-electron chi connectivity index (χ3n) is 2.22. The summed E-state index contributed by atoms with van der Waals surface area (Å²) in [5.41, 5.74) is 0.267. The zero-order valence-electron chi connectivity index (χ0n) is 10.5. The van der Waals surface area contributed by atoms with E-state index in [1.165, 1.54) is 12.1 Å². The van der Waals surface area contributed by atoms with Crippen LogP contribution in [0.1, 0.15) is 16.4 Å². The molecule has 0 aliphatic heterocycles. The van der Waals surface area contributed by atoms with Gasteiger partial charge in [0.2, 0.25) is 5.82 Å². The van der Waals surface area contributed by atoms with Gasteiger partial charge in [-0.15, -0.1) is 18.3 Å². The van der Waals surface area contributed by atoms with Crippen molar-refractivity contribution in [3.63, 3.8) is 0 Å². The highest BCUT2D eigenvalue weighted by atomic mass is 79.9. The predicted molar refractivity (Wildman–Crippen MR) is 69.9 cm³/mol. The molecule has 0 fully saturated rings. The second kappa shape index (κ2) is 5.72.